The predicted octanol–water partition coefficient (Wildman–Crippen LogP) is 1.27. The van der Waals surface area contributed by atoms with E-state index in [1.807, 2.05) is 12.1 Å². The minimum atomic E-state index is -0.743. The number of imide groups is 1. The number of aromatic nitrogens is 2. The maximum absolute atomic E-state index is 11.5. The van der Waals surface area contributed by atoms with Gasteiger partial charge in [-0.1, -0.05) is 0 Å². The van der Waals surface area contributed by atoms with Crippen LogP contribution in [-0.4, -0.2) is 21.9 Å². The average molecular weight is 307 g/mol. The Morgan fingerprint density at radius 2 is 2.11 bits per heavy atom. The van der Waals surface area contributed by atoms with Crippen LogP contribution in [0.4, 0.5) is 4.79 Å². The molecule has 1 atom stereocenters. The van der Waals surface area contributed by atoms with Gasteiger partial charge in [-0.15, -0.1) is 0 Å². The summed E-state index contributed by atoms with van der Waals surface area (Å²) in [5.41, 5.74) is 1.00. The zero-order valence-corrected chi connectivity index (χ0v) is 10.6. The van der Waals surface area contributed by atoms with Crippen LogP contribution < -0.4 is 10.6 Å². The first-order valence-electron chi connectivity index (χ1n) is 5.17. The Morgan fingerprint density at radius 1 is 1.28 bits per heavy atom. The summed E-state index contributed by atoms with van der Waals surface area (Å²) in [6.45, 7) is 0. The first-order chi connectivity index (χ1) is 8.63. The van der Waals surface area contributed by atoms with Gasteiger partial charge in [-0.3, -0.25) is 10.1 Å². The Morgan fingerprint density at radius 3 is 2.83 bits per heavy atom. The van der Waals surface area contributed by atoms with Gasteiger partial charge in [0.15, 0.2) is 11.7 Å². The van der Waals surface area contributed by atoms with Gasteiger partial charge < -0.3 is 5.32 Å². The number of urea groups is 1. The second kappa shape index (κ2) is 4.02. The Balaban J connectivity index is 2.06. The van der Waals surface area contributed by atoms with Crippen molar-refractivity contribution in [2.24, 2.45) is 0 Å². The molecule has 6 nitrogen and oxygen atoms in total. The molecule has 2 N–H and O–H groups in total. The molecule has 7 heteroatoms. The minimum absolute atomic E-state index is 0.399. The molecule has 90 valence electrons. The Kier molecular flexibility index (Phi) is 2.48. The van der Waals surface area contributed by atoms with Gasteiger partial charge in [-0.25, -0.2) is 14.8 Å². The molecule has 0 radical (unpaired) electrons. The van der Waals surface area contributed by atoms with Gasteiger partial charge in [0.05, 0.1) is 5.69 Å². The first kappa shape index (κ1) is 11.1. The smallest absolute Gasteiger partial charge is 0.321 e. The van der Waals surface area contributed by atoms with Crippen molar-refractivity contribution >= 4 is 38.9 Å². The molecule has 2 aromatic rings. The number of amides is 3. The third kappa shape index (κ3) is 1.82. The highest BCUT2D eigenvalue weighted by Crippen LogP contribution is 2.20. The lowest BCUT2D eigenvalue weighted by atomic mass is 10.1. The average Bonchev–Trinajstić information content (AvgIpc) is 2.68. The summed E-state index contributed by atoms with van der Waals surface area (Å²) in [6.07, 6.45) is 1.63. The zero-order valence-electron chi connectivity index (χ0n) is 8.98. The van der Waals surface area contributed by atoms with E-state index in [-0.39, 0.29) is 0 Å². The van der Waals surface area contributed by atoms with E-state index in [0.29, 0.717) is 11.3 Å². The van der Waals surface area contributed by atoms with Crippen molar-refractivity contribution in [2.75, 3.05) is 0 Å². The van der Waals surface area contributed by atoms with Crippen LogP contribution in [0.1, 0.15) is 11.7 Å². The fourth-order valence-electron chi connectivity index (χ4n) is 1.78. The number of carbonyl (C=O) groups excluding carboxylic acids is 2. The lowest BCUT2D eigenvalue weighted by Gasteiger charge is -2.07. The number of hydrogen-bond donors (Lipinski definition) is 2. The number of nitrogens with zero attached hydrogens (tertiary/aromatic N) is 2. The normalized spacial score (nSPS) is 18.8. The van der Waals surface area contributed by atoms with Crippen LogP contribution in [0.3, 0.4) is 0 Å². The molecule has 0 saturated carbocycles. The highest BCUT2D eigenvalue weighted by Gasteiger charge is 2.31. The second-order valence-electron chi connectivity index (χ2n) is 3.83. The number of carbonyl (C=O) groups is 2. The Labute approximate surface area is 110 Å². The van der Waals surface area contributed by atoms with E-state index in [9.17, 15) is 9.59 Å². The summed E-state index contributed by atoms with van der Waals surface area (Å²) in [6, 6.07) is 4.15. The molecule has 3 rings (SSSR count). The topological polar surface area (TPSA) is 84.0 Å². The first-order valence-corrected chi connectivity index (χ1v) is 5.96. The third-order valence-corrected chi connectivity index (χ3v) is 3.03. The number of rotatable bonds is 1. The van der Waals surface area contributed by atoms with E-state index in [0.717, 1.165) is 9.86 Å². The van der Waals surface area contributed by atoms with Crippen molar-refractivity contribution in [1.29, 1.82) is 0 Å². The molecule has 2 aromatic heterocycles. The lowest BCUT2D eigenvalue weighted by Crippen LogP contribution is -2.22. The SMILES string of the molecule is O=C1NC(=O)C(c2ccc3cc(Br)cnc3n2)N1. The molecule has 1 aliphatic rings. The van der Waals surface area contributed by atoms with Crippen LogP contribution in [0.5, 0.6) is 0 Å². The molecular weight excluding hydrogens is 300 g/mol. The molecule has 0 spiro atoms. The van der Waals surface area contributed by atoms with Crippen molar-refractivity contribution in [3.8, 4) is 0 Å². The van der Waals surface area contributed by atoms with Crippen LogP contribution in [-0.2, 0) is 4.79 Å². The highest BCUT2D eigenvalue weighted by molar-refractivity contribution is 9.10. The van der Waals surface area contributed by atoms with Crippen molar-refractivity contribution in [1.82, 2.24) is 20.6 Å². The Bertz CT molecular complexity index is 673. The number of pyridine rings is 2. The van der Waals surface area contributed by atoms with E-state index < -0.39 is 18.0 Å². The second-order valence-corrected chi connectivity index (χ2v) is 4.75. The molecule has 1 unspecified atom stereocenters. The van der Waals surface area contributed by atoms with E-state index in [2.05, 4.69) is 36.5 Å². The summed E-state index contributed by atoms with van der Waals surface area (Å²) in [4.78, 5) is 31.0. The Hall–Kier alpha value is -2.02. The largest absolute Gasteiger partial charge is 0.322 e. The van der Waals surface area contributed by atoms with E-state index >= 15 is 0 Å². The van der Waals surface area contributed by atoms with Gasteiger partial charge in [-0.05, 0) is 34.1 Å². The molecule has 3 amide bonds. The maximum atomic E-state index is 11.5. The van der Waals surface area contributed by atoms with Gasteiger partial charge >= 0.3 is 6.03 Å². The predicted molar refractivity (Wildman–Crippen MR) is 66.7 cm³/mol. The zero-order chi connectivity index (χ0) is 12.7. The minimum Gasteiger partial charge on any atom is -0.321 e. The molecule has 1 saturated heterocycles. The highest BCUT2D eigenvalue weighted by atomic mass is 79.9. The molecule has 0 aliphatic carbocycles. The van der Waals surface area contributed by atoms with Crippen molar-refractivity contribution in [3.05, 3.63) is 34.6 Å². The van der Waals surface area contributed by atoms with Crippen molar-refractivity contribution in [2.45, 2.75) is 6.04 Å². The lowest BCUT2D eigenvalue weighted by molar-refractivity contribution is -0.120. The van der Waals surface area contributed by atoms with Crippen LogP contribution in [0.2, 0.25) is 0 Å². The van der Waals surface area contributed by atoms with Crippen molar-refractivity contribution < 1.29 is 9.59 Å². The fourth-order valence-corrected chi connectivity index (χ4v) is 2.13. The van der Waals surface area contributed by atoms with Gasteiger partial charge in [0.1, 0.15) is 0 Å². The van der Waals surface area contributed by atoms with Crippen LogP contribution >= 0.6 is 15.9 Å². The molecule has 0 aromatic carbocycles. The summed E-state index contributed by atoms with van der Waals surface area (Å²) in [7, 11) is 0. The number of halogens is 1. The molecule has 3 heterocycles. The standard InChI is InChI=1S/C11H7BrN4O2/c12-6-3-5-1-2-7(14-9(5)13-4-6)8-10(17)16-11(18)15-8/h1-4,8H,(H2,15,16,17,18). The maximum Gasteiger partial charge on any atom is 0.322 e. The summed E-state index contributed by atoms with van der Waals surface area (Å²) in [5, 5.41) is 5.52. The van der Waals surface area contributed by atoms with Gasteiger partial charge in [0, 0.05) is 16.1 Å². The molecular formula is C11H7BrN4O2. The monoisotopic (exact) mass is 306 g/mol. The number of hydrogen-bond acceptors (Lipinski definition) is 4. The molecule has 1 aliphatic heterocycles. The van der Waals surface area contributed by atoms with E-state index in [1.54, 1.807) is 12.3 Å². The summed E-state index contributed by atoms with van der Waals surface area (Å²) >= 11 is 3.32. The molecule has 0 bridgehead atoms. The number of nitrogens with one attached hydrogen (secondary N) is 2. The molecule has 18 heavy (non-hydrogen) atoms. The van der Waals surface area contributed by atoms with E-state index in [1.165, 1.54) is 0 Å². The summed E-state index contributed by atoms with van der Waals surface area (Å²) in [5.74, 6) is -0.399. The van der Waals surface area contributed by atoms with Gasteiger partial charge in [-0.2, -0.15) is 0 Å². The third-order valence-electron chi connectivity index (χ3n) is 2.60. The quantitative estimate of drug-likeness (QED) is 0.777. The van der Waals surface area contributed by atoms with Crippen LogP contribution in [0.15, 0.2) is 28.9 Å². The van der Waals surface area contributed by atoms with Crippen molar-refractivity contribution in [3.63, 3.8) is 0 Å². The van der Waals surface area contributed by atoms with Gasteiger partial charge in [0.25, 0.3) is 5.91 Å². The van der Waals surface area contributed by atoms with E-state index in [4.69, 9.17) is 0 Å². The van der Waals surface area contributed by atoms with Gasteiger partial charge in [0.2, 0.25) is 0 Å². The van der Waals surface area contributed by atoms with Crippen LogP contribution in [0, 0.1) is 0 Å². The summed E-state index contributed by atoms with van der Waals surface area (Å²) < 4.78 is 0.858. The number of fused-ring (bicyclic) bond motifs is 1. The fraction of sp³-hybridized carbons (Fsp3) is 0.0909. The van der Waals surface area contributed by atoms with Crippen LogP contribution in [0.25, 0.3) is 11.0 Å². The molecule has 1 fully saturated rings.